The van der Waals surface area contributed by atoms with Gasteiger partial charge in [-0.05, 0) is 94.1 Å². The first kappa shape index (κ1) is 35.1. The summed E-state index contributed by atoms with van der Waals surface area (Å²) in [6.45, 7) is 18.3. The van der Waals surface area contributed by atoms with Crippen molar-refractivity contribution in [2.45, 2.75) is 74.0 Å². The van der Waals surface area contributed by atoms with E-state index in [4.69, 9.17) is 10.00 Å². The van der Waals surface area contributed by atoms with Crippen molar-refractivity contribution in [3.63, 3.8) is 0 Å². The molecule has 0 heterocycles. The number of nitrogens with zero attached hydrogens (tertiary/aromatic N) is 2. The van der Waals surface area contributed by atoms with E-state index in [0.717, 1.165) is 26.1 Å². The molecule has 0 aliphatic heterocycles. The van der Waals surface area contributed by atoms with Crippen molar-refractivity contribution in [1.29, 1.82) is 5.26 Å². The number of ether oxygens (including phenoxy) is 1. The van der Waals surface area contributed by atoms with Gasteiger partial charge in [0.2, 0.25) is 0 Å². The number of hydrogen-bond acceptors (Lipinski definition) is 4. The average molecular weight is 527 g/mol. The number of rotatable bonds is 9. The second-order valence-corrected chi connectivity index (χ2v) is 9.32. The molecule has 3 aromatic rings. The molecule has 0 saturated heterocycles. The summed E-state index contributed by atoms with van der Waals surface area (Å²) in [6, 6.07) is 26.2. The second kappa shape index (κ2) is 19.2. The molecule has 3 rings (SSSR count). The zero-order valence-electron chi connectivity index (χ0n) is 25.1. The summed E-state index contributed by atoms with van der Waals surface area (Å²) in [7, 11) is 0. The van der Waals surface area contributed by atoms with E-state index in [1.165, 1.54) is 22.3 Å². The number of carbonyl (C=O) groups is 1. The third-order valence-corrected chi connectivity index (χ3v) is 6.22. The maximum atomic E-state index is 11.6. The highest BCUT2D eigenvalue weighted by atomic mass is 16.5. The van der Waals surface area contributed by atoms with Crippen LogP contribution in [0.3, 0.4) is 0 Å². The lowest BCUT2D eigenvalue weighted by atomic mass is 10.1. The molecule has 0 atom stereocenters. The highest BCUT2D eigenvalue weighted by Gasteiger charge is 2.25. The van der Waals surface area contributed by atoms with Crippen LogP contribution in [-0.2, 0) is 17.8 Å². The maximum absolute atomic E-state index is 11.6. The predicted molar refractivity (Wildman–Crippen MR) is 165 cm³/mol. The van der Waals surface area contributed by atoms with Crippen molar-refractivity contribution >= 4 is 5.78 Å². The van der Waals surface area contributed by atoms with E-state index >= 15 is 0 Å². The molecule has 0 bridgehead atoms. The zero-order chi connectivity index (χ0) is 29.8. The summed E-state index contributed by atoms with van der Waals surface area (Å²) in [6.07, 6.45) is 8.94. The lowest BCUT2D eigenvalue weighted by Crippen LogP contribution is -2.36. The van der Waals surface area contributed by atoms with Gasteiger partial charge in [0.15, 0.2) is 11.4 Å². The number of aryl methyl sites for hydroxylation is 2. The number of nitriles is 1. The molecule has 0 radical (unpaired) electrons. The molecule has 0 aromatic heterocycles. The van der Waals surface area contributed by atoms with Gasteiger partial charge in [0.05, 0.1) is 11.6 Å². The number of benzene rings is 3. The Balaban J connectivity index is 0.00000101. The number of Topliss-reactive ketones (excluding diaryl/α,β-unsaturated/α-hetero) is 1. The number of likely N-dealkylation sites (N-methyl/N-ethyl adjacent to an activating group) is 1. The first-order valence-corrected chi connectivity index (χ1v) is 13.5. The van der Waals surface area contributed by atoms with E-state index in [1.54, 1.807) is 20.8 Å². The van der Waals surface area contributed by atoms with Crippen molar-refractivity contribution in [3.05, 3.63) is 101 Å². The van der Waals surface area contributed by atoms with E-state index in [1.807, 2.05) is 50.2 Å². The van der Waals surface area contributed by atoms with Crippen LogP contribution in [-0.4, -0.2) is 29.4 Å². The van der Waals surface area contributed by atoms with Crippen molar-refractivity contribution in [1.82, 2.24) is 4.90 Å². The van der Waals surface area contributed by atoms with E-state index in [9.17, 15) is 4.79 Å². The lowest BCUT2D eigenvalue weighted by Gasteiger charge is -2.23. The van der Waals surface area contributed by atoms with Crippen LogP contribution in [0.15, 0.2) is 72.8 Å². The molecule has 3 aromatic carbocycles. The summed E-state index contributed by atoms with van der Waals surface area (Å²) in [5.41, 5.74) is 5.08. The normalized spacial score (nSPS) is 9.90. The molecule has 0 aliphatic rings. The SMILES string of the molecule is C#C.CC.CCN(CCc1ccc(OC(C)(C)C(C)=O)cc1)Cc1ccc(C#N)cc1.Cc1ccccc1C. The number of terminal acetylenes is 1. The van der Waals surface area contributed by atoms with E-state index < -0.39 is 5.60 Å². The van der Waals surface area contributed by atoms with Gasteiger partial charge in [0.25, 0.3) is 0 Å². The monoisotopic (exact) mass is 526 g/mol. The first-order valence-electron chi connectivity index (χ1n) is 13.5. The topological polar surface area (TPSA) is 53.3 Å². The zero-order valence-corrected chi connectivity index (χ0v) is 25.1. The van der Waals surface area contributed by atoms with Crippen LogP contribution in [0, 0.1) is 38.0 Å². The number of ketones is 1. The van der Waals surface area contributed by atoms with E-state index in [0.29, 0.717) is 11.3 Å². The summed E-state index contributed by atoms with van der Waals surface area (Å²) in [4.78, 5) is 14.0. The molecule has 0 unspecified atom stereocenters. The first-order chi connectivity index (χ1) is 18.6. The Labute approximate surface area is 237 Å². The minimum absolute atomic E-state index is 0.00738. The van der Waals surface area contributed by atoms with Crippen molar-refractivity contribution < 1.29 is 9.53 Å². The van der Waals surface area contributed by atoms with Crippen LogP contribution in [0.1, 0.15) is 69.4 Å². The van der Waals surface area contributed by atoms with Gasteiger partial charge < -0.3 is 4.74 Å². The Bertz CT molecular complexity index is 1130. The van der Waals surface area contributed by atoms with Gasteiger partial charge in [0, 0.05) is 13.1 Å². The Kier molecular flexibility index (Phi) is 17.3. The molecule has 39 heavy (non-hydrogen) atoms. The lowest BCUT2D eigenvalue weighted by molar-refractivity contribution is -0.129. The van der Waals surface area contributed by atoms with Crippen molar-refractivity contribution in [3.8, 4) is 24.7 Å². The Morgan fingerprint density at radius 2 is 1.38 bits per heavy atom. The van der Waals surface area contributed by atoms with Crippen LogP contribution < -0.4 is 4.74 Å². The molecule has 0 fully saturated rings. The van der Waals surface area contributed by atoms with Crippen LogP contribution in [0.5, 0.6) is 5.75 Å². The maximum Gasteiger partial charge on any atom is 0.172 e. The van der Waals surface area contributed by atoms with Gasteiger partial charge in [-0.3, -0.25) is 9.69 Å². The standard InChI is InChI=1S/C23H28N2O2.C8H10.C2H6.C2H2/c1-5-25(17-21-8-6-20(16-24)7-9-21)15-14-19-10-12-22(13-11-19)27-23(3,4)18(2)26;1-7-5-3-4-6-8(7)2;2*1-2/h6-13H,5,14-15,17H2,1-4H3;3-6H,1-2H3;1-2H3;1-2H. The van der Waals surface area contributed by atoms with Gasteiger partial charge in [0.1, 0.15) is 5.75 Å². The Hall–Kier alpha value is -3.86. The summed E-state index contributed by atoms with van der Waals surface area (Å²) in [5.74, 6) is 0.719. The fraction of sp³-hybridized carbons (Fsp3) is 0.371. The van der Waals surface area contributed by atoms with E-state index in [2.05, 4.69) is 81.0 Å². The molecule has 0 aliphatic carbocycles. The van der Waals surface area contributed by atoms with Gasteiger partial charge >= 0.3 is 0 Å². The number of carbonyl (C=O) groups excluding carboxylic acids is 1. The quantitative estimate of drug-likeness (QED) is 0.266. The van der Waals surface area contributed by atoms with Crippen LogP contribution >= 0.6 is 0 Å². The van der Waals surface area contributed by atoms with Crippen molar-refractivity contribution in [2.75, 3.05) is 13.1 Å². The fourth-order valence-corrected chi connectivity index (χ4v) is 3.33. The van der Waals surface area contributed by atoms with Crippen LogP contribution in [0.4, 0.5) is 0 Å². The molecule has 4 nitrogen and oxygen atoms in total. The Morgan fingerprint density at radius 3 is 1.79 bits per heavy atom. The average Bonchev–Trinajstić information content (AvgIpc) is 2.96. The third kappa shape index (κ3) is 13.5. The highest BCUT2D eigenvalue weighted by Crippen LogP contribution is 2.20. The molecular formula is C35H46N2O2. The molecule has 0 saturated carbocycles. The molecule has 0 amide bonds. The largest absolute Gasteiger partial charge is 0.480 e. The summed E-state index contributed by atoms with van der Waals surface area (Å²) < 4.78 is 5.78. The van der Waals surface area contributed by atoms with Gasteiger partial charge in [-0.15, -0.1) is 12.8 Å². The van der Waals surface area contributed by atoms with Gasteiger partial charge in [-0.2, -0.15) is 5.26 Å². The summed E-state index contributed by atoms with van der Waals surface area (Å²) >= 11 is 0. The smallest absolute Gasteiger partial charge is 0.172 e. The molecule has 208 valence electrons. The predicted octanol–water partition coefficient (Wildman–Crippen LogP) is 7.95. The van der Waals surface area contributed by atoms with Crippen molar-refractivity contribution in [2.24, 2.45) is 0 Å². The minimum Gasteiger partial charge on any atom is -0.480 e. The fourth-order valence-electron chi connectivity index (χ4n) is 3.33. The highest BCUT2D eigenvalue weighted by molar-refractivity contribution is 5.84. The third-order valence-electron chi connectivity index (χ3n) is 6.22. The second-order valence-electron chi connectivity index (χ2n) is 9.32. The van der Waals surface area contributed by atoms with E-state index in [-0.39, 0.29) is 5.78 Å². The molecular weight excluding hydrogens is 480 g/mol. The molecule has 0 spiro atoms. The van der Waals surface area contributed by atoms with Gasteiger partial charge in [-0.25, -0.2) is 0 Å². The Morgan fingerprint density at radius 1 is 0.897 bits per heavy atom. The minimum atomic E-state index is -0.804. The van der Waals surface area contributed by atoms with Gasteiger partial charge in [-0.1, -0.05) is 69.3 Å². The van der Waals surface area contributed by atoms with Crippen LogP contribution in [0.25, 0.3) is 0 Å². The number of hydrogen-bond donors (Lipinski definition) is 0. The van der Waals surface area contributed by atoms with Crippen LogP contribution in [0.2, 0.25) is 0 Å². The molecule has 4 heteroatoms. The summed E-state index contributed by atoms with van der Waals surface area (Å²) in [5, 5.41) is 8.89. The molecule has 0 N–H and O–H groups in total.